The van der Waals surface area contributed by atoms with Crippen LogP contribution in [0.2, 0.25) is 0 Å². The molecule has 0 atom stereocenters. The number of methoxy groups -OCH3 is 1. The number of aliphatic imine (C=N–C) groups is 1. The fraction of sp³-hybridized carbons (Fsp3) is 0.562. The number of guanidine groups is 1. The monoisotopic (exact) mass is 293 g/mol. The predicted molar refractivity (Wildman–Crippen MR) is 86.9 cm³/mol. The third-order valence-electron chi connectivity index (χ3n) is 2.83. The molecule has 21 heavy (non-hydrogen) atoms. The van der Waals surface area contributed by atoms with Gasteiger partial charge in [0.15, 0.2) is 5.96 Å². The van der Waals surface area contributed by atoms with Crippen molar-refractivity contribution in [2.75, 3.05) is 33.4 Å². The lowest BCUT2D eigenvalue weighted by Gasteiger charge is -2.12. The molecule has 1 aromatic rings. The Morgan fingerprint density at radius 2 is 2.00 bits per heavy atom. The van der Waals surface area contributed by atoms with Crippen molar-refractivity contribution in [2.45, 2.75) is 26.9 Å². The minimum Gasteiger partial charge on any atom is -0.496 e. The topological polar surface area (TPSA) is 54.9 Å². The zero-order chi connectivity index (χ0) is 15.3. The average Bonchev–Trinajstić information content (AvgIpc) is 2.52. The van der Waals surface area contributed by atoms with Crippen LogP contribution in [0.1, 0.15) is 25.8 Å². The Labute approximate surface area is 127 Å². The summed E-state index contributed by atoms with van der Waals surface area (Å²) in [4.78, 5) is 4.43. The van der Waals surface area contributed by atoms with Gasteiger partial charge in [-0.1, -0.05) is 25.1 Å². The first-order valence-electron chi connectivity index (χ1n) is 7.53. The second kappa shape index (κ2) is 11.0. The molecule has 0 bridgehead atoms. The number of ether oxygens (including phenoxy) is 2. The third kappa shape index (κ3) is 6.99. The normalized spacial score (nSPS) is 11.3. The maximum absolute atomic E-state index is 5.67. The van der Waals surface area contributed by atoms with Crippen molar-refractivity contribution in [2.24, 2.45) is 4.99 Å². The first-order valence-corrected chi connectivity index (χ1v) is 7.53. The summed E-state index contributed by atoms with van der Waals surface area (Å²) in [6.45, 7) is 7.76. The van der Waals surface area contributed by atoms with E-state index in [9.17, 15) is 0 Å². The first kappa shape index (κ1) is 17.3. The summed E-state index contributed by atoms with van der Waals surface area (Å²) in [6.07, 6.45) is 1.04. The molecular weight excluding hydrogens is 266 g/mol. The van der Waals surface area contributed by atoms with Crippen LogP contribution in [-0.4, -0.2) is 39.3 Å². The average molecular weight is 293 g/mol. The molecule has 5 heteroatoms. The summed E-state index contributed by atoms with van der Waals surface area (Å²) < 4.78 is 11.0. The van der Waals surface area contributed by atoms with Gasteiger partial charge in [0.2, 0.25) is 0 Å². The fourth-order valence-electron chi connectivity index (χ4n) is 1.81. The van der Waals surface area contributed by atoms with Gasteiger partial charge < -0.3 is 20.1 Å². The highest BCUT2D eigenvalue weighted by Gasteiger charge is 2.01. The zero-order valence-electron chi connectivity index (χ0n) is 13.3. The number of nitrogens with zero attached hydrogens (tertiary/aromatic N) is 1. The smallest absolute Gasteiger partial charge is 0.191 e. The molecule has 0 unspecified atom stereocenters. The fourth-order valence-corrected chi connectivity index (χ4v) is 1.81. The number of para-hydroxylation sites is 1. The lowest BCUT2D eigenvalue weighted by atomic mass is 10.2. The van der Waals surface area contributed by atoms with Crippen molar-refractivity contribution in [1.29, 1.82) is 0 Å². The van der Waals surface area contributed by atoms with Gasteiger partial charge in [0.25, 0.3) is 0 Å². The van der Waals surface area contributed by atoms with Gasteiger partial charge in [0, 0.05) is 25.2 Å². The summed E-state index contributed by atoms with van der Waals surface area (Å²) in [5, 5.41) is 6.46. The van der Waals surface area contributed by atoms with Gasteiger partial charge in [-0.3, -0.25) is 4.99 Å². The van der Waals surface area contributed by atoms with Gasteiger partial charge in [-0.25, -0.2) is 0 Å². The molecule has 0 fully saturated rings. The summed E-state index contributed by atoms with van der Waals surface area (Å²) >= 11 is 0. The molecule has 118 valence electrons. The summed E-state index contributed by atoms with van der Waals surface area (Å²) in [5.41, 5.74) is 1.06. The maximum Gasteiger partial charge on any atom is 0.191 e. The summed E-state index contributed by atoms with van der Waals surface area (Å²) in [5.74, 6) is 1.71. The quantitative estimate of drug-likeness (QED) is 0.416. The minimum atomic E-state index is 0.550. The van der Waals surface area contributed by atoms with E-state index in [2.05, 4.69) is 29.5 Å². The standard InChI is InChI=1S/C16H27N3O2/c1-4-10-18-16(17-5-2)19-11-12-21-13-14-8-6-7-9-15(14)20-3/h6-9H,4-5,10-13H2,1-3H3,(H2,17,18,19). The highest BCUT2D eigenvalue weighted by atomic mass is 16.5. The van der Waals surface area contributed by atoms with Crippen molar-refractivity contribution in [3.05, 3.63) is 29.8 Å². The molecule has 0 aliphatic carbocycles. The second-order valence-corrected chi connectivity index (χ2v) is 4.55. The van der Waals surface area contributed by atoms with E-state index >= 15 is 0 Å². The lowest BCUT2D eigenvalue weighted by Crippen LogP contribution is -2.39. The minimum absolute atomic E-state index is 0.550. The highest BCUT2D eigenvalue weighted by molar-refractivity contribution is 5.79. The van der Waals surface area contributed by atoms with Gasteiger partial charge in [-0.15, -0.1) is 0 Å². The number of hydrogen-bond donors (Lipinski definition) is 2. The number of benzene rings is 1. The Hall–Kier alpha value is -1.75. The van der Waals surface area contributed by atoms with Crippen molar-refractivity contribution in [1.82, 2.24) is 10.6 Å². The van der Waals surface area contributed by atoms with Crippen LogP contribution in [0.4, 0.5) is 0 Å². The van der Waals surface area contributed by atoms with Gasteiger partial charge in [0.1, 0.15) is 5.75 Å². The molecule has 0 saturated heterocycles. The van der Waals surface area contributed by atoms with E-state index in [1.54, 1.807) is 7.11 Å². The van der Waals surface area contributed by atoms with E-state index < -0.39 is 0 Å². The highest BCUT2D eigenvalue weighted by Crippen LogP contribution is 2.17. The van der Waals surface area contributed by atoms with Gasteiger partial charge >= 0.3 is 0 Å². The Kier molecular flexibility index (Phi) is 9.04. The van der Waals surface area contributed by atoms with Crippen LogP contribution in [0.25, 0.3) is 0 Å². The molecule has 1 aromatic carbocycles. The Bertz CT molecular complexity index is 422. The van der Waals surface area contributed by atoms with Gasteiger partial charge in [-0.05, 0) is 19.4 Å². The molecule has 0 spiro atoms. The number of nitrogens with one attached hydrogen (secondary N) is 2. The lowest BCUT2D eigenvalue weighted by molar-refractivity contribution is 0.123. The Morgan fingerprint density at radius 1 is 1.19 bits per heavy atom. The molecule has 0 radical (unpaired) electrons. The van der Waals surface area contributed by atoms with E-state index in [0.717, 1.165) is 43.3 Å². The molecule has 5 nitrogen and oxygen atoms in total. The van der Waals surface area contributed by atoms with Crippen LogP contribution >= 0.6 is 0 Å². The molecule has 0 aliphatic rings. The molecule has 0 heterocycles. The van der Waals surface area contributed by atoms with Gasteiger partial charge in [-0.2, -0.15) is 0 Å². The van der Waals surface area contributed by atoms with E-state index in [0.29, 0.717) is 13.2 Å². The van der Waals surface area contributed by atoms with Gasteiger partial charge in [0.05, 0.1) is 20.3 Å². The molecule has 0 aliphatic heterocycles. The predicted octanol–water partition coefficient (Wildman–Crippen LogP) is 2.18. The number of rotatable bonds is 9. The Morgan fingerprint density at radius 3 is 2.71 bits per heavy atom. The van der Waals surface area contributed by atoms with Crippen molar-refractivity contribution >= 4 is 5.96 Å². The maximum atomic E-state index is 5.67. The van der Waals surface area contributed by atoms with Crippen molar-refractivity contribution in [3.63, 3.8) is 0 Å². The third-order valence-corrected chi connectivity index (χ3v) is 2.83. The Balaban J connectivity index is 2.27. The van der Waals surface area contributed by atoms with Crippen LogP contribution in [0.15, 0.2) is 29.3 Å². The summed E-state index contributed by atoms with van der Waals surface area (Å²) in [7, 11) is 1.67. The summed E-state index contributed by atoms with van der Waals surface area (Å²) in [6, 6.07) is 7.90. The number of hydrogen-bond acceptors (Lipinski definition) is 3. The zero-order valence-corrected chi connectivity index (χ0v) is 13.3. The molecule has 2 N–H and O–H groups in total. The van der Waals surface area contributed by atoms with Crippen LogP contribution in [0.5, 0.6) is 5.75 Å². The first-order chi connectivity index (χ1) is 10.3. The SMILES string of the molecule is CCCN=C(NCC)NCCOCc1ccccc1OC. The molecule has 0 saturated carbocycles. The van der Waals surface area contributed by atoms with Crippen molar-refractivity contribution < 1.29 is 9.47 Å². The molecule has 0 aromatic heterocycles. The second-order valence-electron chi connectivity index (χ2n) is 4.55. The van der Waals surface area contributed by atoms with E-state index in [4.69, 9.17) is 9.47 Å². The van der Waals surface area contributed by atoms with Crippen LogP contribution in [0.3, 0.4) is 0 Å². The van der Waals surface area contributed by atoms with Crippen LogP contribution < -0.4 is 15.4 Å². The van der Waals surface area contributed by atoms with E-state index in [-0.39, 0.29) is 0 Å². The molecular formula is C16H27N3O2. The van der Waals surface area contributed by atoms with Crippen molar-refractivity contribution in [3.8, 4) is 5.75 Å². The molecule has 0 amide bonds. The van der Waals surface area contributed by atoms with Crippen LogP contribution in [-0.2, 0) is 11.3 Å². The van der Waals surface area contributed by atoms with E-state index in [1.807, 2.05) is 24.3 Å². The largest absolute Gasteiger partial charge is 0.496 e. The van der Waals surface area contributed by atoms with Crippen LogP contribution in [0, 0.1) is 0 Å². The molecule has 1 rings (SSSR count). The van der Waals surface area contributed by atoms with E-state index in [1.165, 1.54) is 0 Å².